The van der Waals surface area contributed by atoms with E-state index >= 15 is 0 Å². The minimum Gasteiger partial charge on any atom is -0.347 e. The second-order valence-electron chi connectivity index (χ2n) is 6.33. The van der Waals surface area contributed by atoms with Crippen LogP contribution in [0.15, 0.2) is 48.7 Å². The SMILES string of the molecule is CN(C(=O)c1cc(C(=O)NC(C)(C)C)ccn1)c1ccccc1. The Labute approximate surface area is 136 Å². The second-order valence-corrected chi connectivity index (χ2v) is 6.33. The van der Waals surface area contributed by atoms with Crippen molar-refractivity contribution in [3.63, 3.8) is 0 Å². The molecule has 0 saturated heterocycles. The molecule has 0 bridgehead atoms. The van der Waals surface area contributed by atoms with Gasteiger partial charge in [-0.25, -0.2) is 0 Å². The maximum atomic E-state index is 12.5. The summed E-state index contributed by atoms with van der Waals surface area (Å²) in [7, 11) is 1.68. The highest BCUT2D eigenvalue weighted by atomic mass is 16.2. The fourth-order valence-corrected chi connectivity index (χ4v) is 2.04. The number of rotatable bonds is 3. The predicted molar refractivity (Wildman–Crippen MR) is 90.6 cm³/mol. The molecule has 1 aromatic carbocycles. The van der Waals surface area contributed by atoms with E-state index < -0.39 is 0 Å². The van der Waals surface area contributed by atoms with E-state index in [2.05, 4.69) is 10.3 Å². The van der Waals surface area contributed by atoms with Crippen molar-refractivity contribution in [1.82, 2.24) is 10.3 Å². The summed E-state index contributed by atoms with van der Waals surface area (Å²) >= 11 is 0. The van der Waals surface area contributed by atoms with Crippen molar-refractivity contribution >= 4 is 17.5 Å². The zero-order valence-electron chi connectivity index (χ0n) is 13.8. The Morgan fingerprint density at radius 1 is 1.09 bits per heavy atom. The Kier molecular flexibility index (Phi) is 4.79. The van der Waals surface area contributed by atoms with Gasteiger partial charge in [-0.2, -0.15) is 0 Å². The molecule has 2 aromatic rings. The van der Waals surface area contributed by atoms with Crippen molar-refractivity contribution in [3.05, 3.63) is 59.9 Å². The fourth-order valence-electron chi connectivity index (χ4n) is 2.04. The number of carbonyl (C=O) groups excluding carboxylic acids is 2. The zero-order chi connectivity index (χ0) is 17.0. The first kappa shape index (κ1) is 16.7. The summed E-state index contributed by atoms with van der Waals surface area (Å²) in [5, 5.41) is 2.87. The lowest BCUT2D eigenvalue weighted by atomic mass is 10.1. The highest BCUT2D eigenvalue weighted by Crippen LogP contribution is 2.14. The van der Waals surface area contributed by atoms with Gasteiger partial charge in [0.25, 0.3) is 11.8 Å². The number of amides is 2. The molecule has 0 unspecified atom stereocenters. The molecule has 0 aliphatic carbocycles. The molecular formula is C18H21N3O2. The summed E-state index contributed by atoms with van der Waals surface area (Å²) in [6.45, 7) is 5.71. The Balaban J connectivity index is 2.22. The molecule has 0 spiro atoms. The normalized spacial score (nSPS) is 11.0. The monoisotopic (exact) mass is 311 g/mol. The van der Waals surface area contributed by atoms with Gasteiger partial charge in [-0.1, -0.05) is 18.2 Å². The van der Waals surface area contributed by atoms with E-state index in [1.165, 1.54) is 17.2 Å². The van der Waals surface area contributed by atoms with Gasteiger partial charge in [-0.05, 0) is 45.0 Å². The molecule has 1 N–H and O–H groups in total. The van der Waals surface area contributed by atoms with Crippen molar-refractivity contribution in [3.8, 4) is 0 Å². The van der Waals surface area contributed by atoms with Gasteiger partial charge in [-0.15, -0.1) is 0 Å². The van der Waals surface area contributed by atoms with Crippen molar-refractivity contribution in [2.24, 2.45) is 0 Å². The number of nitrogens with zero attached hydrogens (tertiary/aromatic N) is 2. The van der Waals surface area contributed by atoms with E-state index in [0.29, 0.717) is 5.56 Å². The number of benzene rings is 1. The first-order valence-corrected chi connectivity index (χ1v) is 7.39. The summed E-state index contributed by atoms with van der Waals surface area (Å²) in [6.07, 6.45) is 1.48. The lowest BCUT2D eigenvalue weighted by Crippen LogP contribution is -2.40. The number of nitrogens with one attached hydrogen (secondary N) is 1. The Morgan fingerprint density at radius 2 is 1.74 bits per heavy atom. The van der Waals surface area contributed by atoms with E-state index in [1.54, 1.807) is 13.1 Å². The number of carbonyl (C=O) groups is 2. The quantitative estimate of drug-likeness (QED) is 0.948. The standard InChI is InChI=1S/C18H21N3O2/c1-18(2,3)20-16(22)13-10-11-19-15(12-13)17(23)21(4)14-8-6-5-7-9-14/h5-12H,1-4H3,(H,20,22). The van der Waals surface area contributed by atoms with Gasteiger partial charge in [0.1, 0.15) is 5.69 Å². The Hall–Kier alpha value is -2.69. The number of para-hydroxylation sites is 1. The predicted octanol–water partition coefficient (Wildman–Crippen LogP) is 2.89. The number of hydrogen-bond donors (Lipinski definition) is 1. The summed E-state index contributed by atoms with van der Waals surface area (Å²) in [4.78, 5) is 30.3. The van der Waals surface area contributed by atoms with E-state index in [1.807, 2.05) is 51.1 Å². The summed E-state index contributed by atoms with van der Waals surface area (Å²) in [5.41, 5.74) is 1.08. The van der Waals surface area contributed by atoms with Crippen LogP contribution in [0.2, 0.25) is 0 Å². The number of pyridine rings is 1. The molecular weight excluding hydrogens is 290 g/mol. The molecule has 0 atom stereocenters. The van der Waals surface area contributed by atoms with Gasteiger partial charge >= 0.3 is 0 Å². The van der Waals surface area contributed by atoms with Crippen LogP contribution in [0.3, 0.4) is 0 Å². The van der Waals surface area contributed by atoms with Gasteiger partial charge < -0.3 is 10.2 Å². The highest BCUT2D eigenvalue weighted by molar-refractivity contribution is 6.06. The molecule has 5 heteroatoms. The minimum absolute atomic E-state index is 0.226. The molecule has 0 aliphatic rings. The van der Waals surface area contributed by atoms with Crippen molar-refractivity contribution in [2.45, 2.75) is 26.3 Å². The van der Waals surface area contributed by atoms with Crippen LogP contribution in [-0.2, 0) is 0 Å². The Morgan fingerprint density at radius 3 is 2.35 bits per heavy atom. The number of aromatic nitrogens is 1. The molecule has 0 fully saturated rings. The van der Waals surface area contributed by atoms with Gasteiger partial charge in [0.05, 0.1) is 0 Å². The second kappa shape index (κ2) is 6.60. The summed E-state index contributed by atoms with van der Waals surface area (Å²) in [5.74, 6) is -0.488. The molecule has 0 saturated carbocycles. The maximum Gasteiger partial charge on any atom is 0.276 e. The molecule has 5 nitrogen and oxygen atoms in total. The minimum atomic E-state index is -0.342. The van der Waals surface area contributed by atoms with Gasteiger partial charge in [0.15, 0.2) is 0 Å². The lowest BCUT2D eigenvalue weighted by Gasteiger charge is -2.21. The Bertz CT molecular complexity index is 706. The number of hydrogen-bond acceptors (Lipinski definition) is 3. The van der Waals surface area contributed by atoms with Crippen molar-refractivity contribution in [1.29, 1.82) is 0 Å². The maximum absolute atomic E-state index is 12.5. The van der Waals surface area contributed by atoms with Gasteiger partial charge in [-0.3, -0.25) is 14.6 Å². The van der Waals surface area contributed by atoms with Gasteiger partial charge in [0, 0.05) is 30.0 Å². The average Bonchev–Trinajstić information content (AvgIpc) is 2.53. The van der Waals surface area contributed by atoms with Crippen LogP contribution in [0.4, 0.5) is 5.69 Å². The van der Waals surface area contributed by atoms with Crippen molar-refractivity contribution < 1.29 is 9.59 Å². The first-order valence-electron chi connectivity index (χ1n) is 7.39. The number of anilines is 1. The van der Waals surface area contributed by atoms with Crippen molar-refractivity contribution in [2.75, 3.05) is 11.9 Å². The fraction of sp³-hybridized carbons (Fsp3) is 0.278. The van der Waals surface area contributed by atoms with E-state index in [0.717, 1.165) is 5.69 Å². The van der Waals surface area contributed by atoms with Crippen LogP contribution >= 0.6 is 0 Å². The summed E-state index contributed by atoms with van der Waals surface area (Å²) in [6, 6.07) is 12.4. The highest BCUT2D eigenvalue weighted by Gasteiger charge is 2.19. The average molecular weight is 311 g/mol. The molecule has 0 radical (unpaired) electrons. The molecule has 23 heavy (non-hydrogen) atoms. The zero-order valence-corrected chi connectivity index (χ0v) is 13.8. The van der Waals surface area contributed by atoms with Crippen LogP contribution in [0.25, 0.3) is 0 Å². The van der Waals surface area contributed by atoms with Crippen LogP contribution in [0.1, 0.15) is 41.6 Å². The third-order valence-electron chi connectivity index (χ3n) is 3.18. The smallest absolute Gasteiger partial charge is 0.276 e. The molecule has 2 amide bonds. The molecule has 1 aromatic heterocycles. The molecule has 120 valence electrons. The van der Waals surface area contributed by atoms with Crippen LogP contribution < -0.4 is 10.2 Å². The molecule has 2 rings (SSSR count). The summed E-state index contributed by atoms with van der Waals surface area (Å²) < 4.78 is 0. The lowest BCUT2D eigenvalue weighted by molar-refractivity contribution is 0.0919. The largest absolute Gasteiger partial charge is 0.347 e. The first-order chi connectivity index (χ1) is 10.8. The molecule has 1 heterocycles. The third kappa shape index (κ3) is 4.39. The molecule has 0 aliphatic heterocycles. The van der Waals surface area contributed by atoms with E-state index in [-0.39, 0.29) is 23.0 Å². The van der Waals surface area contributed by atoms with E-state index in [9.17, 15) is 9.59 Å². The van der Waals surface area contributed by atoms with Crippen LogP contribution in [0.5, 0.6) is 0 Å². The van der Waals surface area contributed by atoms with Crippen LogP contribution in [0, 0.1) is 0 Å². The van der Waals surface area contributed by atoms with E-state index in [4.69, 9.17) is 0 Å². The third-order valence-corrected chi connectivity index (χ3v) is 3.18. The topological polar surface area (TPSA) is 62.3 Å². The van der Waals surface area contributed by atoms with Gasteiger partial charge in [0.2, 0.25) is 0 Å². The van der Waals surface area contributed by atoms with Crippen LogP contribution in [-0.4, -0.2) is 29.4 Å².